The molecule has 0 aliphatic heterocycles. The van der Waals surface area contributed by atoms with Crippen molar-refractivity contribution in [1.82, 2.24) is 0 Å². The first-order valence-corrected chi connectivity index (χ1v) is 3.44. The van der Waals surface area contributed by atoms with E-state index in [0.717, 1.165) is 5.56 Å². The van der Waals surface area contributed by atoms with Crippen LogP contribution in [0.5, 0.6) is 0 Å². The Morgan fingerprint density at radius 2 is 2.30 bits per heavy atom. The zero-order chi connectivity index (χ0) is 7.56. The van der Waals surface area contributed by atoms with E-state index < -0.39 is 0 Å². The van der Waals surface area contributed by atoms with Gasteiger partial charge >= 0.3 is 0 Å². The zero-order valence-electron chi connectivity index (χ0n) is 6.39. The van der Waals surface area contributed by atoms with Crippen molar-refractivity contribution in [3.8, 4) is 0 Å². The molecule has 0 bridgehead atoms. The van der Waals surface area contributed by atoms with Gasteiger partial charge in [-0.1, -0.05) is 18.2 Å². The molecule has 0 heterocycles. The third kappa shape index (κ3) is 1.36. The van der Waals surface area contributed by atoms with Crippen LogP contribution >= 0.6 is 0 Å². The van der Waals surface area contributed by atoms with Gasteiger partial charge in [0.25, 0.3) is 0 Å². The Kier molecular flexibility index (Phi) is 2.07. The largest absolute Gasteiger partial charge is 0.324 e. The third-order valence-corrected chi connectivity index (χ3v) is 1.60. The molecular weight excluding hydrogens is 122 g/mol. The third-order valence-electron chi connectivity index (χ3n) is 1.60. The van der Waals surface area contributed by atoms with Crippen LogP contribution in [-0.2, 0) is 0 Å². The quantitative estimate of drug-likeness (QED) is 0.623. The van der Waals surface area contributed by atoms with Crippen LogP contribution in [0.25, 0.3) is 0 Å². The maximum atomic E-state index is 5.69. The Morgan fingerprint density at radius 1 is 1.60 bits per heavy atom. The molecule has 1 nitrogen and oxygen atoms in total. The van der Waals surface area contributed by atoms with Crippen LogP contribution in [0.4, 0.5) is 0 Å². The van der Waals surface area contributed by atoms with Crippen molar-refractivity contribution in [3.05, 3.63) is 35.4 Å². The molecule has 1 atom stereocenters. The lowest BCUT2D eigenvalue weighted by Crippen LogP contribution is -2.06. The maximum absolute atomic E-state index is 5.69. The van der Waals surface area contributed by atoms with E-state index in [1.807, 2.05) is 32.0 Å². The Labute approximate surface area is 61.9 Å². The Balaban J connectivity index is 3.03. The van der Waals surface area contributed by atoms with E-state index in [1.165, 1.54) is 5.56 Å². The predicted molar refractivity (Wildman–Crippen MR) is 42.6 cm³/mol. The van der Waals surface area contributed by atoms with Gasteiger partial charge in [0.1, 0.15) is 0 Å². The van der Waals surface area contributed by atoms with E-state index in [2.05, 4.69) is 6.07 Å². The second-order valence-corrected chi connectivity index (χ2v) is 2.54. The summed E-state index contributed by atoms with van der Waals surface area (Å²) in [5, 5.41) is 0. The maximum Gasteiger partial charge on any atom is 0.0268 e. The molecule has 10 heavy (non-hydrogen) atoms. The molecule has 0 saturated heterocycles. The summed E-state index contributed by atoms with van der Waals surface area (Å²) >= 11 is 0. The predicted octanol–water partition coefficient (Wildman–Crippen LogP) is 1.81. The number of hydrogen-bond donors (Lipinski definition) is 1. The fourth-order valence-corrected chi connectivity index (χ4v) is 1.03. The second kappa shape index (κ2) is 2.84. The van der Waals surface area contributed by atoms with Crippen LogP contribution in [-0.4, -0.2) is 0 Å². The molecule has 1 radical (unpaired) electrons. The van der Waals surface area contributed by atoms with Gasteiger partial charge in [-0.15, -0.1) is 0 Å². The summed E-state index contributed by atoms with van der Waals surface area (Å²) in [5.41, 5.74) is 8.03. The molecule has 1 rings (SSSR count). The van der Waals surface area contributed by atoms with Crippen LogP contribution in [0.2, 0.25) is 0 Å². The van der Waals surface area contributed by atoms with Gasteiger partial charge in [-0.25, -0.2) is 0 Å². The highest BCUT2D eigenvalue weighted by atomic mass is 14.6. The average molecular weight is 134 g/mol. The molecule has 1 aromatic rings. The molecule has 0 aliphatic carbocycles. The molecule has 1 aromatic carbocycles. The number of aryl methyl sites for hydroxylation is 1. The van der Waals surface area contributed by atoms with Gasteiger partial charge in [0, 0.05) is 6.04 Å². The SMILES string of the molecule is Cc1[c]cccc1C(C)N. The monoisotopic (exact) mass is 134 g/mol. The molecule has 0 amide bonds. The molecular formula is C9H12N. The summed E-state index contributed by atoms with van der Waals surface area (Å²) < 4.78 is 0. The highest BCUT2D eigenvalue weighted by Gasteiger charge is 2.00. The van der Waals surface area contributed by atoms with E-state index in [-0.39, 0.29) is 6.04 Å². The summed E-state index contributed by atoms with van der Waals surface area (Å²) in [4.78, 5) is 0. The zero-order valence-corrected chi connectivity index (χ0v) is 6.39. The summed E-state index contributed by atoms with van der Waals surface area (Å²) in [6.45, 7) is 4.01. The highest BCUT2D eigenvalue weighted by Crippen LogP contribution is 2.12. The van der Waals surface area contributed by atoms with E-state index in [0.29, 0.717) is 0 Å². The minimum atomic E-state index is 0.123. The van der Waals surface area contributed by atoms with Crippen molar-refractivity contribution in [2.75, 3.05) is 0 Å². The summed E-state index contributed by atoms with van der Waals surface area (Å²) in [5.74, 6) is 0. The van der Waals surface area contributed by atoms with Gasteiger partial charge in [-0.05, 0) is 31.0 Å². The first-order chi connectivity index (χ1) is 4.72. The van der Waals surface area contributed by atoms with Crippen molar-refractivity contribution < 1.29 is 0 Å². The summed E-state index contributed by atoms with van der Waals surface area (Å²) in [7, 11) is 0. The molecule has 2 N–H and O–H groups in total. The lowest BCUT2D eigenvalue weighted by molar-refractivity contribution is 0.809. The van der Waals surface area contributed by atoms with Crippen molar-refractivity contribution in [3.63, 3.8) is 0 Å². The van der Waals surface area contributed by atoms with Crippen LogP contribution in [0.1, 0.15) is 24.1 Å². The van der Waals surface area contributed by atoms with Gasteiger partial charge in [0.2, 0.25) is 0 Å². The van der Waals surface area contributed by atoms with Gasteiger partial charge in [-0.2, -0.15) is 0 Å². The molecule has 0 fully saturated rings. The van der Waals surface area contributed by atoms with Gasteiger partial charge in [0.05, 0.1) is 0 Å². The van der Waals surface area contributed by atoms with Crippen molar-refractivity contribution in [2.24, 2.45) is 5.73 Å². The lowest BCUT2D eigenvalue weighted by atomic mass is 10.0. The minimum absolute atomic E-state index is 0.123. The summed E-state index contributed by atoms with van der Waals surface area (Å²) in [6, 6.07) is 9.13. The molecule has 0 spiro atoms. The van der Waals surface area contributed by atoms with Crippen LogP contribution in [0, 0.1) is 13.0 Å². The Hall–Kier alpha value is -0.820. The Bertz CT molecular complexity index is 216. The van der Waals surface area contributed by atoms with E-state index in [1.54, 1.807) is 0 Å². The molecule has 0 saturated carbocycles. The first kappa shape index (κ1) is 7.29. The topological polar surface area (TPSA) is 26.0 Å². The van der Waals surface area contributed by atoms with Gasteiger partial charge in [-0.3, -0.25) is 0 Å². The minimum Gasteiger partial charge on any atom is -0.324 e. The fraction of sp³-hybridized carbons (Fsp3) is 0.333. The van der Waals surface area contributed by atoms with Crippen molar-refractivity contribution in [2.45, 2.75) is 19.9 Å². The average Bonchev–Trinajstić information content (AvgIpc) is 1.88. The van der Waals surface area contributed by atoms with Gasteiger partial charge in [0.15, 0.2) is 0 Å². The number of hydrogen-bond acceptors (Lipinski definition) is 1. The Morgan fingerprint density at radius 3 is 2.70 bits per heavy atom. The molecule has 53 valence electrons. The summed E-state index contributed by atoms with van der Waals surface area (Å²) in [6.07, 6.45) is 0. The lowest BCUT2D eigenvalue weighted by Gasteiger charge is -2.07. The number of nitrogens with two attached hydrogens (primary N) is 1. The number of rotatable bonds is 1. The van der Waals surface area contributed by atoms with Crippen molar-refractivity contribution >= 4 is 0 Å². The van der Waals surface area contributed by atoms with E-state index >= 15 is 0 Å². The molecule has 1 unspecified atom stereocenters. The van der Waals surface area contributed by atoms with Crippen LogP contribution in [0.3, 0.4) is 0 Å². The first-order valence-electron chi connectivity index (χ1n) is 3.44. The molecule has 0 aliphatic rings. The van der Waals surface area contributed by atoms with E-state index in [9.17, 15) is 0 Å². The second-order valence-electron chi connectivity index (χ2n) is 2.54. The van der Waals surface area contributed by atoms with Gasteiger partial charge < -0.3 is 5.73 Å². The fourth-order valence-electron chi connectivity index (χ4n) is 1.03. The molecule has 0 aromatic heterocycles. The smallest absolute Gasteiger partial charge is 0.0268 e. The molecule has 1 heteroatoms. The standard InChI is InChI=1S/C9H12N/c1-7-5-3-4-6-9(7)8(2)10/h3-4,6,8H,10H2,1-2H3. The number of benzene rings is 1. The highest BCUT2D eigenvalue weighted by molar-refractivity contribution is 5.26. The normalized spacial score (nSPS) is 13.1. The van der Waals surface area contributed by atoms with Crippen LogP contribution in [0.15, 0.2) is 18.2 Å². The van der Waals surface area contributed by atoms with Crippen molar-refractivity contribution in [1.29, 1.82) is 0 Å². The van der Waals surface area contributed by atoms with E-state index in [4.69, 9.17) is 5.73 Å². The van der Waals surface area contributed by atoms with Crippen LogP contribution < -0.4 is 5.73 Å².